The van der Waals surface area contributed by atoms with Crippen LogP contribution in [-0.4, -0.2) is 22.4 Å². The first-order chi connectivity index (χ1) is 14.5. The van der Waals surface area contributed by atoms with Gasteiger partial charge in [-0.15, -0.1) is 10.1 Å². The van der Waals surface area contributed by atoms with E-state index in [1.165, 1.54) is 5.57 Å². The van der Waals surface area contributed by atoms with E-state index in [0.29, 0.717) is 18.1 Å². The maximum Gasteiger partial charge on any atom is 0.294 e. The van der Waals surface area contributed by atoms with Crippen LogP contribution in [0.25, 0.3) is 0 Å². The van der Waals surface area contributed by atoms with Gasteiger partial charge in [-0.3, -0.25) is 0 Å². The van der Waals surface area contributed by atoms with E-state index in [9.17, 15) is 15.2 Å². The number of fused-ring (bicyclic) bond motifs is 3. The first kappa shape index (κ1) is 23.4. The van der Waals surface area contributed by atoms with Crippen molar-refractivity contribution in [2.24, 2.45) is 5.92 Å². The number of hydrogen-bond donors (Lipinski definition) is 1. The molecule has 1 aliphatic heterocycles. The predicted octanol–water partition coefficient (Wildman–Crippen LogP) is 6.44. The van der Waals surface area contributed by atoms with Crippen LogP contribution in [0.4, 0.5) is 0 Å². The second kappa shape index (κ2) is 9.09. The van der Waals surface area contributed by atoms with Crippen molar-refractivity contribution in [2.75, 3.05) is 6.61 Å². The van der Waals surface area contributed by atoms with Crippen LogP contribution in [-0.2, 0) is 10.3 Å². The van der Waals surface area contributed by atoms with Crippen molar-refractivity contribution in [3.8, 4) is 11.5 Å². The van der Waals surface area contributed by atoms with Crippen molar-refractivity contribution < 1.29 is 19.8 Å². The highest BCUT2D eigenvalue weighted by atomic mass is 16.9. The Balaban J connectivity index is 1.71. The number of phenolic OH excluding ortho intramolecular Hbond substituents is 1. The Bertz CT molecular complexity index is 843. The quantitative estimate of drug-likeness (QED) is 0.211. The van der Waals surface area contributed by atoms with Crippen molar-refractivity contribution in [1.82, 2.24) is 0 Å². The third-order valence-corrected chi connectivity index (χ3v) is 7.14. The number of rotatable bonds is 9. The van der Waals surface area contributed by atoms with Crippen molar-refractivity contribution in [1.29, 1.82) is 0 Å². The van der Waals surface area contributed by atoms with Crippen LogP contribution < -0.4 is 4.74 Å². The van der Waals surface area contributed by atoms with Crippen molar-refractivity contribution in [3.05, 3.63) is 45.0 Å². The minimum atomic E-state index is -0.734. The molecule has 1 aromatic carbocycles. The molecule has 0 radical (unpaired) electrons. The number of unbranched alkanes of at least 4 members (excludes halogenated alkanes) is 3. The zero-order valence-corrected chi connectivity index (χ0v) is 19.6. The van der Waals surface area contributed by atoms with Gasteiger partial charge in [-0.25, -0.2) is 0 Å². The first-order valence-electron chi connectivity index (χ1n) is 11.5. The molecule has 2 atom stereocenters. The molecule has 0 spiro atoms. The highest BCUT2D eigenvalue weighted by molar-refractivity contribution is 5.55. The van der Waals surface area contributed by atoms with Gasteiger partial charge in [-0.2, -0.15) is 0 Å². The molecule has 0 aromatic heterocycles. The first-order valence-corrected chi connectivity index (χ1v) is 11.5. The number of aromatic hydroxyl groups is 1. The van der Waals surface area contributed by atoms with Crippen molar-refractivity contribution >= 4 is 0 Å². The summed E-state index contributed by atoms with van der Waals surface area (Å²) in [6.45, 7) is 11.1. The molecular formula is C25H37NO5. The van der Waals surface area contributed by atoms with Gasteiger partial charge in [0.25, 0.3) is 5.09 Å². The van der Waals surface area contributed by atoms with Gasteiger partial charge in [0.05, 0.1) is 6.61 Å². The predicted molar refractivity (Wildman–Crippen MR) is 121 cm³/mol. The van der Waals surface area contributed by atoms with E-state index in [0.717, 1.165) is 55.4 Å². The maximum atomic E-state index is 11.0. The van der Waals surface area contributed by atoms with Gasteiger partial charge in [0, 0.05) is 17.4 Å². The smallest absolute Gasteiger partial charge is 0.294 e. The molecule has 0 fully saturated rings. The molecule has 0 amide bonds. The molecule has 0 saturated carbocycles. The number of nitrogens with zero attached hydrogens (tertiary/aromatic N) is 1. The van der Waals surface area contributed by atoms with E-state index < -0.39 is 5.09 Å². The number of hydrogen-bond acceptors (Lipinski definition) is 5. The Morgan fingerprint density at radius 3 is 2.68 bits per heavy atom. The van der Waals surface area contributed by atoms with Crippen LogP contribution in [0.2, 0.25) is 0 Å². The largest absolute Gasteiger partial charge is 0.507 e. The molecule has 3 rings (SSSR count). The van der Waals surface area contributed by atoms with E-state index in [-0.39, 0.29) is 23.5 Å². The second-order valence-corrected chi connectivity index (χ2v) is 10.4. The van der Waals surface area contributed by atoms with Gasteiger partial charge in [0.1, 0.15) is 17.1 Å². The summed E-state index contributed by atoms with van der Waals surface area (Å²) in [7, 11) is 0. The van der Waals surface area contributed by atoms with E-state index in [2.05, 4.69) is 51.6 Å². The summed E-state index contributed by atoms with van der Waals surface area (Å²) in [4.78, 5) is 14.6. The van der Waals surface area contributed by atoms with Gasteiger partial charge in [-0.05, 0) is 69.6 Å². The molecule has 172 valence electrons. The minimum Gasteiger partial charge on any atom is -0.507 e. The van der Waals surface area contributed by atoms with E-state index in [1.807, 2.05) is 6.07 Å². The SMILES string of the molecule is CC1=C[C@H]2c3c(O)cc(C(C)(C)CCCCCCO[N+](=O)[O-])cc3OC(C)(C)[C@@H]2CC1. The maximum absolute atomic E-state index is 11.0. The van der Waals surface area contributed by atoms with Crippen LogP contribution >= 0.6 is 0 Å². The van der Waals surface area contributed by atoms with Gasteiger partial charge < -0.3 is 14.7 Å². The fourth-order valence-corrected chi connectivity index (χ4v) is 5.22. The molecule has 1 aromatic rings. The number of benzene rings is 1. The monoisotopic (exact) mass is 431 g/mol. The molecule has 6 nitrogen and oxygen atoms in total. The van der Waals surface area contributed by atoms with Crippen LogP contribution in [0, 0.1) is 16.0 Å². The average Bonchev–Trinajstić information content (AvgIpc) is 2.65. The summed E-state index contributed by atoms with van der Waals surface area (Å²) in [6.07, 6.45) is 9.08. The van der Waals surface area contributed by atoms with Crippen molar-refractivity contribution in [3.63, 3.8) is 0 Å². The van der Waals surface area contributed by atoms with Crippen LogP contribution in [0.1, 0.15) is 96.6 Å². The summed E-state index contributed by atoms with van der Waals surface area (Å²) >= 11 is 0. The molecule has 31 heavy (non-hydrogen) atoms. The van der Waals surface area contributed by atoms with Gasteiger partial charge >= 0.3 is 0 Å². The summed E-state index contributed by atoms with van der Waals surface area (Å²) in [5.41, 5.74) is 3.04. The zero-order valence-electron chi connectivity index (χ0n) is 19.6. The molecule has 6 heteroatoms. The van der Waals surface area contributed by atoms with Gasteiger partial charge in [-0.1, -0.05) is 44.8 Å². The van der Waals surface area contributed by atoms with Crippen LogP contribution in [0.3, 0.4) is 0 Å². The third-order valence-electron chi connectivity index (χ3n) is 7.14. The molecular weight excluding hydrogens is 394 g/mol. The Morgan fingerprint density at radius 2 is 1.97 bits per heavy atom. The Labute approximate surface area is 185 Å². The lowest BCUT2D eigenvalue weighted by atomic mass is 9.67. The zero-order chi connectivity index (χ0) is 22.8. The van der Waals surface area contributed by atoms with Gasteiger partial charge in [0.2, 0.25) is 0 Å². The topological polar surface area (TPSA) is 81.8 Å². The van der Waals surface area contributed by atoms with Crippen LogP contribution in [0.15, 0.2) is 23.8 Å². The molecule has 1 N–H and O–H groups in total. The molecule has 0 saturated heterocycles. The average molecular weight is 432 g/mol. The molecule has 1 aliphatic carbocycles. The number of phenols is 1. The minimum absolute atomic E-state index is 0.105. The lowest BCUT2D eigenvalue weighted by Crippen LogP contribution is -2.45. The summed E-state index contributed by atoms with van der Waals surface area (Å²) < 4.78 is 6.47. The lowest BCUT2D eigenvalue weighted by Gasteiger charge is -2.46. The Hall–Kier alpha value is -2.24. The number of allylic oxidation sites excluding steroid dienone is 2. The molecule has 0 bridgehead atoms. The summed E-state index contributed by atoms with van der Waals surface area (Å²) in [6, 6.07) is 4.07. The molecule has 1 heterocycles. The Morgan fingerprint density at radius 1 is 1.26 bits per heavy atom. The summed E-state index contributed by atoms with van der Waals surface area (Å²) in [5, 5.41) is 20.5. The van der Waals surface area contributed by atoms with E-state index in [1.54, 1.807) is 0 Å². The van der Waals surface area contributed by atoms with Crippen LogP contribution in [0.5, 0.6) is 11.5 Å². The highest BCUT2D eigenvalue weighted by Crippen LogP contribution is 2.54. The fraction of sp³-hybridized carbons (Fsp3) is 0.680. The Kier molecular flexibility index (Phi) is 6.87. The normalized spacial score (nSPS) is 22.0. The second-order valence-electron chi connectivity index (χ2n) is 10.4. The van der Waals surface area contributed by atoms with Gasteiger partial charge in [0.15, 0.2) is 0 Å². The van der Waals surface area contributed by atoms with Crippen molar-refractivity contribution in [2.45, 2.75) is 96.5 Å². The number of ether oxygens (including phenoxy) is 1. The van der Waals surface area contributed by atoms with E-state index >= 15 is 0 Å². The standard InChI is InChI=1S/C25H37NO5/c1-17-10-11-20-19(14-17)23-21(27)15-18(16-22(23)31-25(20,4)5)24(2,3)12-8-6-7-9-13-30-26(28)29/h14-16,19-20,27H,6-13H2,1-5H3/t19-,20-/m1/s1. The fourth-order valence-electron chi connectivity index (χ4n) is 5.22. The summed E-state index contributed by atoms with van der Waals surface area (Å²) in [5.74, 6) is 1.73. The molecule has 2 aliphatic rings. The highest BCUT2D eigenvalue weighted by Gasteiger charge is 2.45. The third kappa shape index (κ3) is 5.34. The molecule has 0 unspecified atom stereocenters. The van der Waals surface area contributed by atoms with E-state index in [4.69, 9.17) is 4.74 Å². The lowest BCUT2D eigenvalue weighted by molar-refractivity contribution is -0.757.